The molecular weight excluding hydrogens is 455 g/mol. The van der Waals surface area contributed by atoms with Crippen LogP contribution < -0.4 is 4.74 Å². The molecular formula is C30H35FN2O3. The van der Waals surface area contributed by atoms with Crippen LogP contribution in [0, 0.1) is 18.7 Å². The summed E-state index contributed by atoms with van der Waals surface area (Å²) >= 11 is 0. The van der Waals surface area contributed by atoms with Gasteiger partial charge in [-0.1, -0.05) is 37.1 Å². The lowest BCUT2D eigenvalue weighted by Gasteiger charge is -2.17. The second-order valence-electron chi connectivity index (χ2n) is 9.56. The van der Waals surface area contributed by atoms with Crippen LogP contribution in [0.4, 0.5) is 4.39 Å². The largest absolute Gasteiger partial charge is 0.487 e. The number of aryl methyl sites for hydroxylation is 2. The van der Waals surface area contributed by atoms with Gasteiger partial charge in [0.25, 0.3) is 0 Å². The SMILES string of the molecule is CCCCc1nc(COc2cccc([C@@H](CC(=O)OCC)C3CC3)c2)cnc1-c1cc(C)ccc1F. The number of halogens is 1. The van der Waals surface area contributed by atoms with E-state index in [2.05, 4.69) is 18.0 Å². The van der Waals surface area contributed by atoms with Crippen LogP contribution in [-0.2, 0) is 22.6 Å². The number of carbonyl (C=O) groups excluding carboxylic acids is 1. The number of rotatable bonds is 12. The Bertz CT molecular complexity index is 1190. The Morgan fingerprint density at radius 2 is 2.00 bits per heavy atom. The molecule has 0 saturated heterocycles. The lowest BCUT2D eigenvalue weighted by Crippen LogP contribution is -2.12. The fourth-order valence-corrected chi connectivity index (χ4v) is 4.55. The summed E-state index contributed by atoms with van der Waals surface area (Å²) in [5.74, 6) is 0.956. The summed E-state index contributed by atoms with van der Waals surface area (Å²) in [6.07, 6.45) is 7.03. The van der Waals surface area contributed by atoms with Crippen molar-refractivity contribution in [1.29, 1.82) is 0 Å². The van der Waals surface area contributed by atoms with E-state index in [0.29, 0.717) is 35.9 Å². The number of benzene rings is 2. The summed E-state index contributed by atoms with van der Waals surface area (Å²) in [6.45, 7) is 6.56. The van der Waals surface area contributed by atoms with Crippen molar-refractivity contribution in [1.82, 2.24) is 9.97 Å². The minimum Gasteiger partial charge on any atom is -0.487 e. The maximum atomic E-state index is 14.6. The topological polar surface area (TPSA) is 61.3 Å². The van der Waals surface area contributed by atoms with Gasteiger partial charge in [0.1, 0.15) is 18.2 Å². The van der Waals surface area contributed by atoms with E-state index in [9.17, 15) is 9.18 Å². The molecule has 1 atom stereocenters. The molecule has 1 aliphatic carbocycles. The first-order chi connectivity index (χ1) is 17.5. The molecule has 0 N–H and O–H groups in total. The number of nitrogens with zero attached hydrogens (tertiary/aromatic N) is 2. The van der Waals surface area contributed by atoms with Crippen molar-refractivity contribution in [3.05, 3.63) is 77.0 Å². The van der Waals surface area contributed by atoms with Crippen LogP contribution in [0.25, 0.3) is 11.3 Å². The first-order valence-corrected chi connectivity index (χ1v) is 13.0. The van der Waals surface area contributed by atoms with Crippen molar-refractivity contribution < 1.29 is 18.7 Å². The highest BCUT2D eigenvalue weighted by Crippen LogP contribution is 2.45. The van der Waals surface area contributed by atoms with Crippen molar-refractivity contribution in [3.8, 4) is 17.0 Å². The Kier molecular flexibility index (Phi) is 8.68. The molecule has 0 unspecified atom stereocenters. The van der Waals surface area contributed by atoms with E-state index in [4.69, 9.17) is 14.5 Å². The molecule has 0 spiro atoms. The van der Waals surface area contributed by atoms with E-state index in [1.165, 1.54) is 6.07 Å². The molecule has 1 saturated carbocycles. The van der Waals surface area contributed by atoms with Gasteiger partial charge >= 0.3 is 5.97 Å². The first-order valence-electron chi connectivity index (χ1n) is 13.0. The average Bonchev–Trinajstić information content (AvgIpc) is 3.72. The molecule has 2 aromatic carbocycles. The highest BCUT2D eigenvalue weighted by molar-refractivity contribution is 5.70. The van der Waals surface area contributed by atoms with Crippen LogP contribution in [0.2, 0.25) is 0 Å². The molecule has 1 aliphatic rings. The molecule has 0 bridgehead atoms. The van der Waals surface area contributed by atoms with Crippen LogP contribution in [0.5, 0.6) is 5.75 Å². The predicted octanol–water partition coefficient (Wildman–Crippen LogP) is 6.96. The summed E-state index contributed by atoms with van der Waals surface area (Å²) in [7, 11) is 0. The maximum Gasteiger partial charge on any atom is 0.306 e. The van der Waals surface area contributed by atoms with Gasteiger partial charge in [0.05, 0.1) is 36.3 Å². The van der Waals surface area contributed by atoms with Gasteiger partial charge in [0.15, 0.2) is 0 Å². The van der Waals surface area contributed by atoms with E-state index >= 15 is 0 Å². The number of hydrogen-bond donors (Lipinski definition) is 0. The van der Waals surface area contributed by atoms with Crippen molar-refractivity contribution in [2.45, 2.75) is 71.8 Å². The van der Waals surface area contributed by atoms with E-state index in [1.807, 2.05) is 38.1 Å². The summed E-state index contributed by atoms with van der Waals surface area (Å²) < 4.78 is 25.9. The van der Waals surface area contributed by atoms with Gasteiger partial charge in [-0.15, -0.1) is 0 Å². The van der Waals surface area contributed by atoms with Gasteiger partial charge in [-0.3, -0.25) is 14.8 Å². The van der Waals surface area contributed by atoms with Gasteiger partial charge < -0.3 is 9.47 Å². The van der Waals surface area contributed by atoms with Crippen molar-refractivity contribution in [2.75, 3.05) is 6.61 Å². The zero-order valence-corrected chi connectivity index (χ0v) is 21.4. The van der Waals surface area contributed by atoms with Gasteiger partial charge in [0, 0.05) is 5.56 Å². The average molecular weight is 491 g/mol. The van der Waals surface area contributed by atoms with E-state index in [1.54, 1.807) is 12.3 Å². The number of esters is 1. The van der Waals surface area contributed by atoms with E-state index < -0.39 is 0 Å². The second-order valence-corrected chi connectivity index (χ2v) is 9.56. The smallest absolute Gasteiger partial charge is 0.306 e. The van der Waals surface area contributed by atoms with Crippen LogP contribution in [-0.4, -0.2) is 22.5 Å². The minimum absolute atomic E-state index is 0.150. The predicted molar refractivity (Wildman–Crippen MR) is 138 cm³/mol. The highest BCUT2D eigenvalue weighted by Gasteiger charge is 2.34. The Morgan fingerprint density at radius 3 is 2.75 bits per heavy atom. The van der Waals surface area contributed by atoms with E-state index in [0.717, 1.165) is 54.7 Å². The number of ether oxygens (including phenoxy) is 2. The van der Waals surface area contributed by atoms with Gasteiger partial charge in [-0.05, 0) is 81.2 Å². The second kappa shape index (κ2) is 12.1. The summed E-state index contributed by atoms with van der Waals surface area (Å²) in [5.41, 5.74) is 4.66. The van der Waals surface area contributed by atoms with Gasteiger partial charge in [-0.2, -0.15) is 0 Å². The van der Waals surface area contributed by atoms with Gasteiger partial charge in [0.2, 0.25) is 0 Å². The zero-order chi connectivity index (χ0) is 25.5. The molecule has 4 rings (SSSR count). The summed E-state index contributed by atoms with van der Waals surface area (Å²) in [6, 6.07) is 13.0. The standard InChI is InChI=1S/C30H35FN2O3/c1-4-6-10-28-30(26-15-20(3)11-14-27(26)31)32-18-23(33-28)19-36-24-9-7-8-22(16-24)25(21-12-13-21)17-29(34)35-5-2/h7-9,11,14-16,18,21,25H,4-6,10,12-13,17,19H2,1-3H3/t25-/m0/s1. The van der Waals surface area contributed by atoms with Crippen LogP contribution in [0.1, 0.15) is 74.4 Å². The van der Waals surface area contributed by atoms with Gasteiger partial charge in [-0.25, -0.2) is 4.39 Å². The zero-order valence-electron chi connectivity index (χ0n) is 21.4. The first kappa shape index (κ1) is 25.8. The normalized spacial score (nSPS) is 13.9. The quantitative estimate of drug-likeness (QED) is 0.257. The van der Waals surface area contributed by atoms with Crippen LogP contribution >= 0.6 is 0 Å². The molecule has 6 heteroatoms. The summed E-state index contributed by atoms with van der Waals surface area (Å²) in [5, 5.41) is 0. The molecule has 36 heavy (non-hydrogen) atoms. The Hall–Kier alpha value is -3.28. The molecule has 0 aliphatic heterocycles. The number of hydrogen-bond acceptors (Lipinski definition) is 5. The van der Waals surface area contributed by atoms with Crippen LogP contribution in [0.15, 0.2) is 48.7 Å². The third-order valence-electron chi connectivity index (χ3n) is 6.59. The molecule has 1 heterocycles. The molecule has 3 aromatic rings. The van der Waals surface area contributed by atoms with Crippen molar-refractivity contribution in [3.63, 3.8) is 0 Å². The molecule has 1 aromatic heterocycles. The van der Waals surface area contributed by atoms with E-state index in [-0.39, 0.29) is 24.3 Å². The number of unbranched alkanes of at least 4 members (excludes halogenated alkanes) is 1. The maximum absolute atomic E-state index is 14.6. The fourth-order valence-electron chi connectivity index (χ4n) is 4.55. The fraction of sp³-hybridized carbons (Fsp3) is 0.433. The monoisotopic (exact) mass is 490 g/mol. The highest BCUT2D eigenvalue weighted by atomic mass is 19.1. The number of aromatic nitrogens is 2. The molecule has 0 amide bonds. The Morgan fingerprint density at radius 1 is 1.17 bits per heavy atom. The van der Waals surface area contributed by atoms with Crippen molar-refractivity contribution >= 4 is 5.97 Å². The van der Waals surface area contributed by atoms with Crippen molar-refractivity contribution in [2.24, 2.45) is 5.92 Å². The molecule has 0 radical (unpaired) electrons. The minimum atomic E-state index is -0.290. The third kappa shape index (κ3) is 6.68. The number of carbonyl (C=O) groups is 1. The third-order valence-corrected chi connectivity index (χ3v) is 6.59. The molecule has 1 fully saturated rings. The Balaban J connectivity index is 1.51. The molecule has 5 nitrogen and oxygen atoms in total. The Labute approximate surface area is 213 Å². The molecule has 190 valence electrons. The van der Waals surface area contributed by atoms with Crippen LogP contribution in [0.3, 0.4) is 0 Å². The lowest BCUT2D eigenvalue weighted by atomic mass is 9.91. The lowest BCUT2D eigenvalue weighted by molar-refractivity contribution is -0.143. The summed E-state index contributed by atoms with van der Waals surface area (Å²) in [4.78, 5) is 21.6.